The van der Waals surface area contributed by atoms with Crippen LogP contribution < -0.4 is 4.90 Å². The number of carbonyl (C=O) groups is 1. The van der Waals surface area contributed by atoms with E-state index in [2.05, 4.69) is 36.8 Å². The Morgan fingerprint density at radius 2 is 1.95 bits per heavy atom. The van der Waals surface area contributed by atoms with Gasteiger partial charge in [-0.25, -0.2) is 4.98 Å². The van der Waals surface area contributed by atoms with Crippen molar-refractivity contribution in [2.45, 2.75) is 6.92 Å². The Labute approximate surface area is 139 Å². The van der Waals surface area contributed by atoms with E-state index in [0.29, 0.717) is 22.9 Å². The van der Waals surface area contributed by atoms with E-state index in [1.807, 2.05) is 13.0 Å². The molecule has 0 unspecified atom stereocenters. The molecule has 0 aliphatic heterocycles. The predicted octanol–water partition coefficient (Wildman–Crippen LogP) is 4.93. The van der Waals surface area contributed by atoms with E-state index in [-0.39, 0.29) is 5.91 Å². The first-order chi connectivity index (χ1) is 9.52. The van der Waals surface area contributed by atoms with Crippen LogP contribution in [0.15, 0.2) is 45.5 Å². The minimum atomic E-state index is -0.173. The molecule has 0 N–H and O–H groups in total. The molecule has 1 aromatic carbocycles. The average molecular weight is 419 g/mol. The number of benzene rings is 1. The summed E-state index contributed by atoms with van der Waals surface area (Å²) < 4.78 is 1.68. The average Bonchev–Trinajstić information content (AvgIpc) is 2.44. The Hall–Kier alpha value is -0.910. The largest absolute Gasteiger partial charge is 0.293 e. The molecule has 1 aromatic heterocycles. The van der Waals surface area contributed by atoms with Crippen molar-refractivity contribution in [3.8, 4) is 0 Å². The Balaban J connectivity index is 2.38. The smallest absolute Gasteiger partial charge is 0.260 e. The van der Waals surface area contributed by atoms with Crippen LogP contribution in [0.1, 0.15) is 17.3 Å². The number of hydrogen-bond donors (Lipinski definition) is 0. The van der Waals surface area contributed by atoms with Crippen LogP contribution in [0.3, 0.4) is 0 Å². The van der Waals surface area contributed by atoms with Crippen LogP contribution in [0.2, 0.25) is 5.02 Å². The maximum absolute atomic E-state index is 12.6. The van der Waals surface area contributed by atoms with Gasteiger partial charge in [-0.3, -0.25) is 9.69 Å². The van der Waals surface area contributed by atoms with E-state index in [0.717, 1.165) is 8.95 Å². The van der Waals surface area contributed by atoms with E-state index in [4.69, 9.17) is 11.6 Å². The highest BCUT2D eigenvalue weighted by Gasteiger charge is 2.19. The van der Waals surface area contributed by atoms with Crippen molar-refractivity contribution >= 4 is 55.2 Å². The number of anilines is 1. The molecular weight excluding hydrogens is 407 g/mol. The maximum Gasteiger partial charge on any atom is 0.260 e. The molecule has 0 saturated carbocycles. The van der Waals surface area contributed by atoms with E-state index >= 15 is 0 Å². The Kier molecular flexibility index (Phi) is 5.18. The number of carbonyl (C=O) groups excluding carboxylic acids is 1. The highest BCUT2D eigenvalue weighted by molar-refractivity contribution is 9.10. The van der Waals surface area contributed by atoms with Gasteiger partial charge in [0.1, 0.15) is 5.82 Å². The molecule has 0 aliphatic rings. The highest BCUT2D eigenvalue weighted by Crippen LogP contribution is 2.24. The first kappa shape index (κ1) is 15.5. The summed E-state index contributed by atoms with van der Waals surface area (Å²) in [6, 6.07) is 8.85. The number of aromatic nitrogens is 1. The van der Waals surface area contributed by atoms with Crippen LogP contribution in [0, 0.1) is 0 Å². The van der Waals surface area contributed by atoms with Crippen molar-refractivity contribution in [2.75, 3.05) is 11.4 Å². The second-order valence-corrected chi connectivity index (χ2v) is 6.25. The molecule has 2 rings (SSSR count). The molecule has 1 amide bonds. The molecule has 0 atom stereocenters. The Morgan fingerprint density at radius 1 is 1.25 bits per heavy atom. The number of hydrogen-bond acceptors (Lipinski definition) is 2. The molecule has 0 fully saturated rings. The molecule has 104 valence electrons. The van der Waals surface area contributed by atoms with Crippen LogP contribution in [-0.2, 0) is 0 Å². The van der Waals surface area contributed by atoms with Gasteiger partial charge in [-0.1, -0.05) is 27.5 Å². The van der Waals surface area contributed by atoms with Crippen LogP contribution in [0.5, 0.6) is 0 Å². The first-order valence-electron chi connectivity index (χ1n) is 5.91. The Morgan fingerprint density at radius 3 is 2.55 bits per heavy atom. The van der Waals surface area contributed by atoms with Crippen LogP contribution in [0.25, 0.3) is 0 Å². The zero-order chi connectivity index (χ0) is 14.7. The third-order valence-electron chi connectivity index (χ3n) is 2.71. The lowest BCUT2D eigenvalue weighted by Crippen LogP contribution is -2.31. The summed E-state index contributed by atoms with van der Waals surface area (Å²) in [5.41, 5.74) is 0.451. The van der Waals surface area contributed by atoms with Crippen LogP contribution >= 0.6 is 43.5 Å². The van der Waals surface area contributed by atoms with Crippen molar-refractivity contribution < 1.29 is 4.79 Å². The third-order valence-corrected chi connectivity index (χ3v) is 4.00. The predicted molar refractivity (Wildman–Crippen MR) is 88.4 cm³/mol. The van der Waals surface area contributed by atoms with Crippen molar-refractivity contribution in [1.82, 2.24) is 4.98 Å². The molecule has 0 radical (unpaired) electrons. The quantitative estimate of drug-likeness (QED) is 0.708. The first-order valence-corrected chi connectivity index (χ1v) is 7.87. The molecule has 0 spiro atoms. The molecule has 0 aliphatic carbocycles. The Bertz CT molecular complexity index is 632. The maximum atomic E-state index is 12.6. The molecule has 6 heteroatoms. The van der Waals surface area contributed by atoms with Crippen LogP contribution in [0.4, 0.5) is 5.82 Å². The molecule has 3 nitrogen and oxygen atoms in total. The summed E-state index contributed by atoms with van der Waals surface area (Å²) >= 11 is 12.8. The number of rotatable bonds is 3. The van der Waals surface area contributed by atoms with Gasteiger partial charge in [0.05, 0.1) is 10.6 Å². The summed E-state index contributed by atoms with van der Waals surface area (Å²) in [6.45, 7) is 2.41. The normalized spacial score (nSPS) is 10.4. The third kappa shape index (κ3) is 3.40. The van der Waals surface area contributed by atoms with Crippen molar-refractivity contribution in [3.63, 3.8) is 0 Å². The van der Waals surface area contributed by atoms with Crippen molar-refractivity contribution in [3.05, 3.63) is 56.1 Å². The second kappa shape index (κ2) is 6.70. The van der Waals surface area contributed by atoms with Gasteiger partial charge in [0.25, 0.3) is 5.91 Å². The van der Waals surface area contributed by atoms with E-state index in [1.165, 1.54) is 0 Å². The van der Waals surface area contributed by atoms with Gasteiger partial charge in [-0.15, -0.1) is 0 Å². The summed E-state index contributed by atoms with van der Waals surface area (Å²) in [7, 11) is 0. The van der Waals surface area contributed by atoms with E-state index in [9.17, 15) is 4.79 Å². The van der Waals surface area contributed by atoms with Crippen molar-refractivity contribution in [1.29, 1.82) is 0 Å². The van der Waals surface area contributed by atoms with E-state index in [1.54, 1.807) is 35.4 Å². The minimum Gasteiger partial charge on any atom is -0.293 e. The van der Waals surface area contributed by atoms with E-state index < -0.39 is 0 Å². The number of nitrogens with zero attached hydrogens (tertiary/aromatic N) is 2. The zero-order valence-corrected chi connectivity index (χ0v) is 14.5. The van der Waals surface area contributed by atoms with Gasteiger partial charge in [0.15, 0.2) is 0 Å². The lowest BCUT2D eigenvalue weighted by Gasteiger charge is -2.20. The van der Waals surface area contributed by atoms with Gasteiger partial charge in [0.2, 0.25) is 0 Å². The molecule has 20 heavy (non-hydrogen) atoms. The number of pyridine rings is 1. The van der Waals surface area contributed by atoms with Gasteiger partial charge >= 0.3 is 0 Å². The van der Waals surface area contributed by atoms with Crippen molar-refractivity contribution in [2.24, 2.45) is 0 Å². The van der Waals surface area contributed by atoms with Gasteiger partial charge in [-0.05, 0) is 53.2 Å². The van der Waals surface area contributed by atoms with Crippen LogP contribution in [-0.4, -0.2) is 17.4 Å². The number of amides is 1. The zero-order valence-electron chi connectivity index (χ0n) is 10.6. The SMILES string of the molecule is CCN(C(=O)c1cc(Br)ccc1Cl)c1ccc(Br)cn1. The summed E-state index contributed by atoms with van der Waals surface area (Å²) in [4.78, 5) is 18.4. The molecular formula is C14H11Br2ClN2O. The minimum absolute atomic E-state index is 0.173. The molecule has 0 bridgehead atoms. The second-order valence-electron chi connectivity index (χ2n) is 4.01. The van der Waals surface area contributed by atoms with Gasteiger partial charge in [0, 0.05) is 21.7 Å². The fourth-order valence-electron chi connectivity index (χ4n) is 1.74. The monoisotopic (exact) mass is 416 g/mol. The summed E-state index contributed by atoms with van der Waals surface area (Å²) in [5.74, 6) is 0.422. The fraction of sp³-hybridized carbons (Fsp3) is 0.143. The molecule has 1 heterocycles. The standard InChI is InChI=1S/C14H11Br2ClN2O/c1-2-19(13-6-4-10(16)8-18-13)14(20)11-7-9(15)3-5-12(11)17/h3-8H,2H2,1H3. The molecule has 0 saturated heterocycles. The summed E-state index contributed by atoms with van der Waals surface area (Å²) in [6.07, 6.45) is 1.66. The highest BCUT2D eigenvalue weighted by atomic mass is 79.9. The topological polar surface area (TPSA) is 33.2 Å². The molecule has 2 aromatic rings. The fourth-order valence-corrected chi connectivity index (χ4v) is 2.54. The summed E-state index contributed by atoms with van der Waals surface area (Å²) in [5, 5.41) is 0.425. The lowest BCUT2D eigenvalue weighted by molar-refractivity contribution is 0.0987. The van der Waals surface area contributed by atoms with Gasteiger partial charge in [-0.2, -0.15) is 0 Å². The number of halogens is 3. The van der Waals surface area contributed by atoms with Gasteiger partial charge < -0.3 is 0 Å². The lowest BCUT2D eigenvalue weighted by atomic mass is 10.2.